The first-order valence-corrected chi connectivity index (χ1v) is 9.34. The Hall–Kier alpha value is -3.82. The van der Waals surface area contributed by atoms with Crippen LogP contribution in [0.4, 0.5) is 4.39 Å². The minimum absolute atomic E-state index is 0.168. The van der Waals surface area contributed by atoms with Crippen molar-refractivity contribution in [3.63, 3.8) is 0 Å². The predicted octanol–water partition coefficient (Wildman–Crippen LogP) is 2.43. The molecule has 2 aromatic carbocycles. The average Bonchev–Trinajstić information content (AvgIpc) is 3.19. The highest BCUT2D eigenvalue weighted by Crippen LogP contribution is 2.27. The van der Waals surface area contributed by atoms with Crippen molar-refractivity contribution in [1.82, 2.24) is 25.6 Å². The van der Waals surface area contributed by atoms with Gasteiger partial charge in [0, 0.05) is 5.56 Å². The predicted molar refractivity (Wildman–Crippen MR) is 108 cm³/mol. The molecule has 1 amide bonds. The number of benzene rings is 2. The van der Waals surface area contributed by atoms with Crippen molar-refractivity contribution >= 4 is 12.1 Å². The van der Waals surface area contributed by atoms with E-state index in [4.69, 9.17) is 9.47 Å². The topological polar surface area (TPSA) is 104 Å². The summed E-state index contributed by atoms with van der Waals surface area (Å²) >= 11 is 0. The number of hydrogen-bond donors (Lipinski definition) is 1. The van der Waals surface area contributed by atoms with E-state index in [0.717, 1.165) is 10.4 Å². The molecule has 0 aliphatic carbocycles. The molecule has 0 saturated carbocycles. The second-order valence-electron chi connectivity index (χ2n) is 6.02. The summed E-state index contributed by atoms with van der Waals surface area (Å²) < 4.78 is 24.1. The Kier molecular flexibility index (Phi) is 7.04. The van der Waals surface area contributed by atoms with Crippen LogP contribution in [0.5, 0.6) is 11.5 Å². The molecule has 1 heterocycles. The Morgan fingerprint density at radius 2 is 1.87 bits per heavy atom. The molecule has 3 rings (SSSR count). The van der Waals surface area contributed by atoms with Crippen LogP contribution in [0.2, 0.25) is 0 Å². The molecule has 156 valence electrons. The minimum atomic E-state index is -0.426. The summed E-state index contributed by atoms with van der Waals surface area (Å²) in [5, 5.41) is 15.7. The van der Waals surface area contributed by atoms with Gasteiger partial charge in [0.2, 0.25) is 5.82 Å². The molecule has 0 saturated heterocycles. The van der Waals surface area contributed by atoms with Gasteiger partial charge in [-0.25, -0.2) is 9.82 Å². The van der Waals surface area contributed by atoms with E-state index in [1.165, 1.54) is 30.5 Å². The van der Waals surface area contributed by atoms with Crippen LogP contribution in [0.1, 0.15) is 19.4 Å². The standard InChI is InChI=1S/C20H21FN6O3/c1-3-29-17-10-5-14(11-18(17)30-4-2)12-22-23-19(28)13-27-25-20(24-26-27)15-6-8-16(21)9-7-15/h5-12H,3-4,13H2,1-2H3,(H,23,28). The van der Waals surface area contributed by atoms with E-state index in [1.54, 1.807) is 18.2 Å². The van der Waals surface area contributed by atoms with Crippen LogP contribution in [0.25, 0.3) is 11.4 Å². The van der Waals surface area contributed by atoms with Crippen LogP contribution < -0.4 is 14.9 Å². The fraction of sp³-hybridized carbons (Fsp3) is 0.250. The van der Waals surface area contributed by atoms with Gasteiger partial charge in [-0.1, -0.05) is 0 Å². The van der Waals surface area contributed by atoms with E-state index < -0.39 is 5.91 Å². The van der Waals surface area contributed by atoms with E-state index >= 15 is 0 Å². The molecule has 0 radical (unpaired) electrons. The number of hydrazone groups is 1. The number of nitrogens with zero attached hydrogens (tertiary/aromatic N) is 5. The Bertz CT molecular complexity index is 1020. The fourth-order valence-electron chi connectivity index (χ4n) is 2.52. The largest absolute Gasteiger partial charge is 0.490 e. The van der Waals surface area contributed by atoms with E-state index in [0.29, 0.717) is 36.1 Å². The summed E-state index contributed by atoms with van der Waals surface area (Å²) in [5.74, 6) is 0.767. The number of halogens is 1. The maximum atomic E-state index is 13.0. The molecule has 0 unspecified atom stereocenters. The van der Waals surface area contributed by atoms with Gasteiger partial charge >= 0.3 is 0 Å². The van der Waals surface area contributed by atoms with E-state index in [1.807, 2.05) is 13.8 Å². The number of hydrogen-bond acceptors (Lipinski definition) is 7. The van der Waals surface area contributed by atoms with Gasteiger partial charge in [-0.05, 0) is 67.1 Å². The highest BCUT2D eigenvalue weighted by Gasteiger charge is 2.09. The van der Waals surface area contributed by atoms with Crippen molar-refractivity contribution in [3.8, 4) is 22.9 Å². The van der Waals surface area contributed by atoms with Crippen molar-refractivity contribution in [3.05, 3.63) is 53.8 Å². The maximum absolute atomic E-state index is 13.0. The molecular formula is C20H21FN6O3. The van der Waals surface area contributed by atoms with Gasteiger partial charge in [0.25, 0.3) is 5.91 Å². The lowest BCUT2D eigenvalue weighted by Gasteiger charge is -2.11. The van der Waals surface area contributed by atoms with Gasteiger partial charge in [0.05, 0.1) is 19.4 Å². The first-order chi connectivity index (χ1) is 14.6. The van der Waals surface area contributed by atoms with Crippen LogP contribution in [0, 0.1) is 5.82 Å². The Morgan fingerprint density at radius 1 is 1.13 bits per heavy atom. The third kappa shape index (κ3) is 5.60. The zero-order valence-corrected chi connectivity index (χ0v) is 16.6. The summed E-state index contributed by atoms with van der Waals surface area (Å²) in [6.45, 7) is 4.65. The van der Waals surface area contributed by atoms with Gasteiger partial charge in [-0.15, -0.1) is 10.2 Å². The zero-order chi connectivity index (χ0) is 21.3. The number of amides is 1. The molecule has 9 nitrogen and oxygen atoms in total. The van der Waals surface area contributed by atoms with Crippen LogP contribution in [0.15, 0.2) is 47.6 Å². The van der Waals surface area contributed by atoms with Crippen LogP contribution in [0.3, 0.4) is 0 Å². The Labute approximate surface area is 172 Å². The summed E-state index contributed by atoms with van der Waals surface area (Å²) in [7, 11) is 0. The maximum Gasteiger partial charge on any atom is 0.263 e. The lowest BCUT2D eigenvalue weighted by atomic mass is 10.2. The molecule has 0 aliphatic rings. The van der Waals surface area contributed by atoms with Crippen molar-refractivity contribution in [2.45, 2.75) is 20.4 Å². The highest BCUT2D eigenvalue weighted by atomic mass is 19.1. The number of rotatable bonds is 9. The smallest absolute Gasteiger partial charge is 0.263 e. The lowest BCUT2D eigenvalue weighted by Crippen LogP contribution is -2.24. The van der Waals surface area contributed by atoms with Crippen LogP contribution >= 0.6 is 0 Å². The molecule has 1 aromatic heterocycles. The minimum Gasteiger partial charge on any atom is -0.490 e. The van der Waals surface area contributed by atoms with Crippen molar-refractivity contribution in [2.75, 3.05) is 13.2 Å². The van der Waals surface area contributed by atoms with Gasteiger partial charge in [-0.2, -0.15) is 9.90 Å². The summed E-state index contributed by atoms with van der Waals surface area (Å²) in [6.07, 6.45) is 1.49. The monoisotopic (exact) mass is 412 g/mol. The van der Waals surface area contributed by atoms with Crippen molar-refractivity contribution < 1.29 is 18.7 Å². The second-order valence-corrected chi connectivity index (χ2v) is 6.02. The van der Waals surface area contributed by atoms with Gasteiger partial charge in [0.15, 0.2) is 11.5 Å². The second kappa shape index (κ2) is 10.1. The molecular weight excluding hydrogens is 391 g/mol. The molecule has 30 heavy (non-hydrogen) atoms. The first kappa shape index (κ1) is 20.9. The summed E-state index contributed by atoms with van der Waals surface area (Å²) in [5.41, 5.74) is 3.74. The fourth-order valence-corrected chi connectivity index (χ4v) is 2.52. The van der Waals surface area contributed by atoms with Crippen LogP contribution in [-0.2, 0) is 11.3 Å². The molecule has 1 N–H and O–H groups in total. The third-order valence-corrected chi connectivity index (χ3v) is 3.81. The summed E-state index contributed by atoms with van der Waals surface area (Å²) in [6, 6.07) is 11.0. The van der Waals surface area contributed by atoms with Crippen molar-refractivity contribution in [2.24, 2.45) is 5.10 Å². The number of carbonyl (C=O) groups excluding carboxylic acids is 1. The number of nitrogens with one attached hydrogen (secondary N) is 1. The third-order valence-electron chi connectivity index (χ3n) is 3.81. The molecule has 3 aromatic rings. The molecule has 0 spiro atoms. The molecule has 0 bridgehead atoms. The molecule has 0 fully saturated rings. The Balaban J connectivity index is 1.57. The van der Waals surface area contributed by atoms with Crippen LogP contribution in [-0.4, -0.2) is 45.5 Å². The van der Waals surface area contributed by atoms with E-state index in [2.05, 4.69) is 25.9 Å². The summed E-state index contributed by atoms with van der Waals surface area (Å²) in [4.78, 5) is 13.2. The lowest BCUT2D eigenvalue weighted by molar-refractivity contribution is -0.122. The van der Waals surface area contributed by atoms with Gasteiger partial charge in [-0.3, -0.25) is 4.79 Å². The highest BCUT2D eigenvalue weighted by molar-refractivity contribution is 5.83. The molecule has 0 atom stereocenters. The van der Waals surface area contributed by atoms with E-state index in [9.17, 15) is 9.18 Å². The van der Waals surface area contributed by atoms with Gasteiger partial charge in [0.1, 0.15) is 12.4 Å². The van der Waals surface area contributed by atoms with Gasteiger partial charge < -0.3 is 9.47 Å². The number of ether oxygens (including phenoxy) is 2. The van der Waals surface area contributed by atoms with Crippen molar-refractivity contribution in [1.29, 1.82) is 0 Å². The normalized spacial score (nSPS) is 10.9. The number of carbonyl (C=O) groups is 1. The first-order valence-electron chi connectivity index (χ1n) is 9.34. The average molecular weight is 412 g/mol. The molecule has 0 aliphatic heterocycles. The number of tetrazole rings is 1. The quantitative estimate of drug-likeness (QED) is 0.428. The Morgan fingerprint density at radius 3 is 2.60 bits per heavy atom. The van der Waals surface area contributed by atoms with E-state index in [-0.39, 0.29) is 12.4 Å². The SMILES string of the molecule is CCOc1ccc(C=NNC(=O)Cn2nnc(-c3ccc(F)cc3)n2)cc1OCC. The zero-order valence-electron chi connectivity index (χ0n) is 16.6. The molecule has 10 heteroatoms. The number of aromatic nitrogens is 4.